The third-order valence-corrected chi connectivity index (χ3v) is 4.43. The van der Waals surface area contributed by atoms with Crippen molar-refractivity contribution in [2.75, 3.05) is 13.7 Å². The summed E-state index contributed by atoms with van der Waals surface area (Å²) in [4.78, 5) is 0. The molecule has 1 unspecified atom stereocenters. The standard InChI is InChI=1S/C19H23NO/c1-12-9-13(2)18(14(3)10-12)19-17-6-5-16(21-4)11-15(17)7-8-20-19/h5-6,9-11,19-20H,7-8H2,1-4H3. The van der Waals surface area contributed by atoms with Gasteiger partial charge in [-0.25, -0.2) is 0 Å². The van der Waals surface area contributed by atoms with Crippen LogP contribution in [0.15, 0.2) is 30.3 Å². The summed E-state index contributed by atoms with van der Waals surface area (Å²) in [5, 5.41) is 3.69. The largest absolute Gasteiger partial charge is 0.497 e. The summed E-state index contributed by atoms with van der Waals surface area (Å²) in [6.07, 6.45) is 1.06. The van der Waals surface area contributed by atoms with Crippen LogP contribution in [0, 0.1) is 20.8 Å². The molecule has 0 aromatic heterocycles. The van der Waals surface area contributed by atoms with Crippen LogP contribution in [0.1, 0.15) is 39.4 Å². The lowest BCUT2D eigenvalue weighted by atomic mass is 9.85. The van der Waals surface area contributed by atoms with E-state index < -0.39 is 0 Å². The molecule has 0 bridgehead atoms. The van der Waals surface area contributed by atoms with Gasteiger partial charge < -0.3 is 10.1 Å². The van der Waals surface area contributed by atoms with Crippen LogP contribution in [-0.4, -0.2) is 13.7 Å². The van der Waals surface area contributed by atoms with Crippen LogP contribution in [0.5, 0.6) is 5.75 Å². The Balaban J connectivity index is 2.11. The summed E-state index contributed by atoms with van der Waals surface area (Å²) < 4.78 is 5.36. The monoisotopic (exact) mass is 281 g/mol. The highest BCUT2D eigenvalue weighted by Crippen LogP contribution is 2.34. The molecular weight excluding hydrogens is 258 g/mol. The Labute approximate surface area is 127 Å². The Hall–Kier alpha value is -1.80. The Morgan fingerprint density at radius 2 is 1.76 bits per heavy atom. The van der Waals surface area contributed by atoms with Gasteiger partial charge in [-0.3, -0.25) is 0 Å². The molecule has 2 aromatic rings. The highest BCUT2D eigenvalue weighted by molar-refractivity contribution is 5.48. The third kappa shape index (κ3) is 2.56. The molecule has 21 heavy (non-hydrogen) atoms. The van der Waals surface area contributed by atoms with Crippen molar-refractivity contribution >= 4 is 0 Å². The van der Waals surface area contributed by atoms with Crippen molar-refractivity contribution < 1.29 is 4.74 Å². The molecule has 0 fully saturated rings. The minimum atomic E-state index is 0.292. The van der Waals surface area contributed by atoms with Crippen LogP contribution < -0.4 is 10.1 Å². The van der Waals surface area contributed by atoms with Crippen LogP contribution in [0.4, 0.5) is 0 Å². The van der Waals surface area contributed by atoms with Crippen LogP contribution in [0.2, 0.25) is 0 Å². The Morgan fingerprint density at radius 3 is 2.43 bits per heavy atom. The molecule has 0 spiro atoms. The van der Waals surface area contributed by atoms with Crippen molar-refractivity contribution in [3.8, 4) is 5.75 Å². The molecule has 3 rings (SSSR count). The SMILES string of the molecule is COc1ccc2c(c1)CCNC2c1c(C)cc(C)cc1C. The zero-order valence-electron chi connectivity index (χ0n) is 13.3. The van der Waals surface area contributed by atoms with Gasteiger partial charge in [0.2, 0.25) is 0 Å². The summed E-state index contributed by atoms with van der Waals surface area (Å²) in [7, 11) is 1.73. The van der Waals surface area contributed by atoms with Crippen molar-refractivity contribution in [2.24, 2.45) is 0 Å². The van der Waals surface area contributed by atoms with Gasteiger partial charge in [-0.1, -0.05) is 23.8 Å². The number of ether oxygens (including phenoxy) is 1. The van der Waals surface area contributed by atoms with E-state index in [1.165, 1.54) is 33.4 Å². The smallest absolute Gasteiger partial charge is 0.119 e. The Morgan fingerprint density at radius 1 is 1.05 bits per heavy atom. The first kappa shape index (κ1) is 14.2. The van der Waals surface area contributed by atoms with Crippen molar-refractivity contribution in [3.63, 3.8) is 0 Å². The first-order chi connectivity index (χ1) is 10.1. The first-order valence-corrected chi connectivity index (χ1v) is 7.58. The van der Waals surface area contributed by atoms with Crippen molar-refractivity contribution in [3.05, 3.63) is 63.7 Å². The van der Waals surface area contributed by atoms with E-state index in [-0.39, 0.29) is 0 Å². The maximum Gasteiger partial charge on any atom is 0.119 e. The molecule has 1 aliphatic heterocycles. The quantitative estimate of drug-likeness (QED) is 0.902. The molecule has 0 saturated heterocycles. The number of benzene rings is 2. The maximum atomic E-state index is 5.36. The lowest BCUT2D eigenvalue weighted by Gasteiger charge is -2.30. The van der Waals surface area contributed by atoms with Gasteiger partial charge in [0, 0.05) is 6.54 Å². The Bertz CT molecular complexity index is 652. The zero-order chi connectivity index (χ0) is 15.0. The average Bonchev–Trinajstić information content (AvgIpc) is 2.45. The molecule has 0 saturated carbocycles. The molecule has 2 nitrogen and oxygen atoms in total. The van der Waals surface area contributed by atoms with Gasteiger partial charge in [0.05, 0.1) is 13.2 Å². The number of nitrogens with one attached hydrogen (secondary N) is 1. The fourth-order valence-electron chi connectivity index (χ4n) is 3.57. The summed E-state index contributed by atoms with van der Waals surface area (Å²) in [6, 6.07) is 11.3. The minimum Gasteiger partial charge on any atom is -0.497 e. The molecule has 2 aromatic carbocycles. The highest BCUT2D eigenvalue weighted by Gasteiger charge is 2.24. The molecule has 1 aliphatic rings. The van der Waals surface area contributed by atoms with E-state index in [0.29, 0.717) is 6.04 Å². The zero-order valence-corrected chi connectivity index (χ0v) is 13.3. The fourth-order valence-corrected chi connectivity index (χ4v) is 3.57. The summed E-state index contributed by atoms with van der Waals surface area (Å²) in [5.74, 6) is 0.951. The third-order valence-electron chi connectivity index (χ3n) is 4.43. The molecule has 1 N–H and O–H groups in total. The minimum absolute atomic E-state index is 0.292. The predicted molar refractivity (Wildman–Crippen MR) is 87.2 cm³/mol. The average molecular weight is 281 g/mol. The van der Waals surface area contributed by atoms with Crippen molar-refractivity contribution in [2.45, 2.75) is 33.2 Å². The van der Waals surface area contributed by atoms with E-state index in [2.05, 4.69) is 56.4 Å². The summed E-state index contributed by atoms with van der Waals surface area (Å²) in [5.41, 5.74) is 8.28. The second-order valence-electron chi connectivity index (χ2n) is 6.01. The molecule has 1 heterocycles. The van der Waals surface area contributed by atoms with Gasteiger partial charge in [-0.2, -0.15) is 0 Å². The van der Waals surface area contributed by atoms with Crippen LogP contribution >= 0.6 is 0 Å². The molecule has 0 radical (unpaired) electrons. The van der Waals surface area contributed by atoms with Gasteiger partial charge in [0.1, 0.15) is 5.75 Å². The summed E-state index contributed by atoms with van der Waals surface area (Å²) >= 11 is 0. The summed E-state index contributed by atoms with van der Waals surface area (Å²) in [6.45, 7) is 7.61. The number of rotatable bonds is 2. The molecule has 1 atom stereocenters. The van der Waals surface area contributed by atoms with Crippen LogP contribution in [0.3, 0.4) is 0 Å². The van der Waals surface area contributed by atoms with Gasteiger partial charge in [0.25, 0.3) is 0 Å². The number of hydrogen-bond donors (Lipinski definition) is 1. The van der Waals surface area contributed by atoms with Crippen molar-refractivity contribution in [1.29, 1.82) is 0 Å². The molecule has 0 aliphatic carbocycles. The number of methoxy groups -OCH3 is 1. The second-order valence-corrected chi connectivity index (χ2v) is 6.01. The molecule has 0 amide bonds. The maximum absolute atomic E-state index is 5.36. The topological polar surface area (TPSA) is 21.3 Å². The van der Waals surface area contributed by atoms with E-state index >= 15 is 0 Å². The van der Waals surface area contributed by atoms with E-state index in [4.69, 9.17) is 4.74 Å². The predicted octanol–water partition coefficient (Wildman–Crippen LogP) is 3.86. The van der Waals surface area contributed by atoms with Crippen LogP contribution in [0.25, 0.3) is 0 Å². The first-order valence-electron chi connectivity index (χ1n) is 7.58. The number of fused-ring (bicyclic) bond motifs is 1. The van der Waals surface area contributed by atoms with E-state index in [1.54, 1.807) is 7.11 Å². The lowest BCUT2D eigenvalue weighted by molar-refractivity contribution is 0.413. The number of aryl methyl sites for hydroxylation is 3. The van der Waals surface area contributed by atoms with Gasteiger partial charge in [0.15, 0.2) is 0 Å². The van der Waals surface area contributed by atoms with E-state index in [0.717, 1.165) is 18.7 Å². The second kappa shape index (κ2) is 5.53. The van der Waals surface area contributed by atoms with Gasteiger partial charge in [-0.15, -0.1) is 0 Å². The van der Waals surface area contributed by atoms with Crippen LogP contribution in [-0.2, 0) is 6.42 Å². The molecule has 110 valence electrons. The van der Waals surface area contributed by atoms with E-state index in [1.807, 2.05) is 0 Å². The lowest BCUT2D eigenvalue weighted by Crippen LogP contribution is -2.31. The molecule has 2 heteroatoms. The molecular formula is C19H23NO. The normalized spacial score (nSPS) is 17.4. The van der Waals surface area contributed by atoms with Gasteiger partial charge in [-0.05, 0) is 67.1 Å². The number of hydrogen-bond acceptors (Lipinski definition) is 2. The van der Waals surface area contributed by atoms with Crippen molar-refractivity contribution in [1.82, 2.24) is 5.32 Å². The highest BCUT2D eigenvalue weighted by atomic mass is 16.5. The Kier molecular flexibility index (Phi) is 3.73. The van der Waals surface area contributed by atoms with Gasteiger partial charge >= 0.3 is 0 Å². The fraction of sp³-hybridized carbons (Fsp3) is 0.368. The van der Waals surface area contributed by atoms with E-state index in [9.17, 15) is 0 Å².